The van der Waals surface area contributed by atoms with Crippen molar-refractivity contribution in [1.29, 1.82) is 0 Å². The van der Waals surface area contributed by atoms with Crippen LogP contribution in [0.5, 0.6) is 0 Å². The molecular weight excluding hydrogens is 392 g/mol. The second kappa shape index (κ2) is 8.39. The molecule has 0 bridgehead atoms. The number of halogens is 1. The van der Waals surface area contributed by atoms with Gasteiger partial charge >= 0.3 is 5.97 Å². The molecule has 0 aliphatic rings. The van der Waals surface area contributed by atoms with E-state index in [0.717, 1.165) is 10.0 Å². The van der Waals surface area contributed by atoms with Crippen LogP contribution in [0.1, 0.15) is 28.9 Å². The van der Waals surface area contributed by atoms with Crippen molar-refractivity contribution in [2.75, 3.05) is 6.61 Å². The Morgan fingerprint density at radius 3 is 2.52 bits per heavy atom. The van der Waals surface area contributed by atoms with Gasteiger partial charge in [0.2, 0.25) is 0 Å². The van der Waals surface area contributed by atoms with Gasteiger partial charge in [-0.15, -0.1) is 0 Å². The number of carbonyl (C=O) groups is 2. The number of rotatable bonds is 6. The van der Waals surface area contributed by atoms with Crippen molar-refractivity contribution in [2.45, 2.75) is 13.0 Å². The molecule has 1 atom stereocenters. The van der Waals surface area contributed by atoms with E-state index in [1.807, 2.05) is 24.3 Å². The van der Waals surface area contributed by atoms with Crippen molar-refractivity contribution >= 4 is 33.5 Å². The van der Waals surface area contributed by atoms with E-state index in [2.05, 4.69) is 21.2 Å². The van der Waals surface area contributed by atoms with Gasteiger partial charge < -0.3 is 10.1 Å². The summed E-state index contributed by atoms with van der Waals surface area (Å²) in [6, 6.07) is 12.5. The number of benzene rings is 2. The number of nitro benzene ring substituents is 1. The molecule has 0 saturated carbocycles. The number of carbonyl (C=O) groups excluding carboxylic acids is 2. The maximum absolute atomic E-state index is 12.0. The zero-order chi connectivity index (χ0) is 18.4. The van der Waals surface area contributed by atoms with Gasteiger partial charge in [-0.05, 0) is 24.6 Å². The van der Waals surface area contributed by atoms with Gasteiger partial charge in [0, 0.05) is 10.5 Å². The maximum Gasteiger partial charge on any atom is 0.345 e. The Labute approximate surface area is 152 Å². The summed E-state index contributed by atoms with van der Waals surface area (Å²) in [4.78, 5) is 34.2. The highest BCUT2D eigenvalue weighted by Gasteiger charge is 2.21. The van der Waals surface area contributed by atoms with E-state index in [1.165, 1.54) is 24.3 Å². The van der Waals surface area contributed by atoms with Crippen LogP contribution in [0.25, 0.3) is 0 Å². The van der Waals surface area contributed by atoms with E-state index >= 15 is 0 Å². The molecule has 8 heteroatoms. The zero-order valence-corrected chi connectivity index (χ0v) is 14.9. The summed E-state index contributed by atoms with van der Waals surface area (Å²) in [6.45, 7) is 1.27. The fourth-order valence-corrected chi connectivity index (χ4v) is 2.83. The molecule has 0 aliphatic carbocycles. The first-order valence-corrected chi connectivity index (χ1v) is 8.13. The molecule has 0 unspecified atom stereocenters. The number of nitrogens with zero attached hydrogens (tertiary/aromatic N) is 1. The van der Waals surface area contributed by atoms with Crippen LogP contribution >= 0.6 is 15.9 Å². The molecule has 2 rings (SSSR count). The molecule has 25 heavy (non-hydrogen) atoms. The molecule has 0 spiro atoms. The maximum atomic E-state index is 12.0. The predicted octanol–water partition coefficient (Wildman–Crippen LogP) is 3.39. The summed E-state index contributed by atoms with van der Waals surface area (Å²) in [5.74, 6) is -1.42. The summed E-state index contributed by atoms with van der Waals surface area (Å²) < 4.78 is 5.73. The molecule has 0 fully saturated rings. The second-order valence-corrected chi connectivity index (χ2v) is 6.02. The average Bonchev–Trinajstić information content (AvgIpc) is 2.59. The van der Waals surface area contributed by atoms with Gasteiger partial charge in [0.1, 0.15) is 5.56 Å². The third-order valence-electron chi connectivity index (χ3n) is 3.40. The molecule has 1 N–H and O–H groups in total. The smallest absolute Gasteiger partial charge is 0.345 e. The van der Waals surface area contributed by atoms with Crippen molar-refractivity contribution in [3.63, 3.8) is 0 Å². The van der Waals surface area contributed by atoms with E-state index in [0.29, 0.717) is 0 Å². The van der Waals surface area contributed by atoms with Crippen molar-refractivity contribution in [3.05, 3.63) is 74.2 Å². The van der Waals surface area contributed by atoms with Gasteiger partial charge in [-0.3, -0.25) is 14.9 Å². The topological polar surface area (TPSA) is 98.5 Å². The molecule has 0 radical (unpaired) electrons. The van der Waals surface area contributed by atoms with Gasteiger partial charge in [0.05, 0.1) is 11.0 Å². The number of esters is 1. The lowest BCUT2D eigenvalue weighted by atomic mass is 10.1. The fraction of sp³-hybridized carbons (Fsp3) is 0.176. The largest absolute Gasteiger partial charge is 0.452 e. The third kappa shape index (κ3) is 4.87. The number of ether oxygens (including phenoxy) is 1. The summed E-state index contributed by atoms with van der Waals surface area (Å²) in [5, 5.41) is 13.6. The van der Waals surface area contributed by atoms with Crippen LogP contribution in [0.2, 0.25) is 0 Å². The fourth-order valence-electron chi connectivity index (χ4n) is 2.20. The first-order chi connectivity index (χ1) is 11.9. The molecule has 0 aliphatic heterocycles. The highest BCUT2D eigenvalue weighted by Crippen LogP contribution is 2.22. The lowest BCUT2D eigenvalue weighted by Crippen LogP contribution is -2.31. The van der Waals surface area contributed by atoms with Crippen molar-refractivity contribution in [2.24, 2.45) is 0 Å². The monoisotopic (exact) mass is 406 g/mol. The quantitative estimate of drug-likeness (QED) is 0.450. The Bertz CT molecular complexity index is 809. The Kier molecular flexibility index (Phi) is 6.24. The van der Waals surface area contributed by atoms with Gasteiger partial charge in [-0.1, -0.05) is 46.3 Å². The van der Waals surface area contributed by atoms with E-state index in [-0.39, 0.29) is 17.3 Å². The minimum atomic E-state index is -0.920. The van der Waals surface area contributed by atoms with Crippen LogP contribution in [0.4, 0.5) is 5.69 Å². The summed E-state index contributed by atoms with van der Waals surface area (Å²) >= 11 is 3.40. The van der Waals surface area contributed by atoms with Crippen molar-refractivity contribution < 1.29 is 19.2 Å². The number of hydrogen-bond acceptors (Lipinski definition) is 5. The van der Waals surface area contributed by atoms with Crippen LogP contribution in [0, 0.1) is 10.1 Å². The molecule has 0 heterocycles. The SMILES string of the molecule is C[C@H](NC(=O)COC(=O)c1ccccc1[N+](=O)[O-])c1ccccc1Br. The summed E-state index contributed by atoms with van der Waals surface area (Å²) in [7, 11) is 0. The Morgan fingerprint density at radius 1 is 1.20 bits per heavy atom. The first kappa shape index (κ1) is 18.6. The molecule has 7 nitrogen and oxygen atoms in total. The van der Waals surface area contributed by atoms with Gasteiger partial charge in [-0.2, -0.15) is 0 Å². The van der Waals surface area contributed by atoms with E-state index in [1.54, 1.807) is 6.92 Å². The third-order valence-corrected chi connectivity index (χ3v) is 4.13. The molecule has 0 saturated heterocycles. The molecule has 130 valence electrons. The highest BCUT2D eigenvalue weighted by atomic mass is 79.9. The normalized spacial score (nSPS) is 11.4. The van der Waals surface area contributed by atoms with Gasteiger partial charge in [-0.25, -0.2) is 4.79 Å². The summed E-state index contributed by atoms with van der Waals surface area (Å²) in [6.07, 6.45) is 0. The van der Waals surface area contributed by atoms with Crippen LogP contribution in [0.15, 0.2) is 53.0 Å². The standard InChI is InChI=1S/C17H15BrN2O5/c1-11(12-6-2-4-8-14(12)18)19-16(21)10-25-17(22)13-7-3-5-9-15(13)20(23)24/h2-9,11H,10H2,1H3,(H,19,21)/t11-/m0/s1. The number of nitro groups is 1. The number of amides is 1. The van der Waals surface area contributed by atoms with Gasteiger partial charge in [0.15, 0.2) is 6.61 Å². The Hall–Kier alpha value is -2.74. The predicted molar refractivity (Wildman–Crippen MR) is 94.1 cm³/mol. The molecule has 1 amide bonds. The minimum absolute atomic E-state index is 0.195. The van der Waals surface area contributed by atoms with Crippen LogP contribution < -0.4 is 5.32 Å². The van der Waals surface area contributed by atoms with E-state index in [9.17, 15) is 19.7 Å². The van der Waals surface area contributed by atoms with Gasteiger partial charge in [0.25, 0.3) is 11.6 Å². The highest BCUT2D eigenvalue weighted by molar-refractivity contribution is 9.10. The van der Waals surface area contributed by atoms with E-state index in [4.69, 9.17) is 4.74 Å². The molecular formula is C17H15BrN2O5. The van der Waals surface area contributed by atoms with Crippen LogP contribution in [0.3, 0.4) is 0 Å². The van der Waals surface area contributed by atoms with E-state index < -0.39 is 23.4 Å². The lowest BCUT2D eigenvalue weighted by molar-refractivity contribution is -0.385. The van der Waals surface area contributed by atoms with Crippen LogP contribution in [-0.2, 0) is 9.53 Å². The van der Waals surface area contributed by atoms with Crippen LogP contribution in [-0.4, -0.2) is 23.4 Å². The molecule has 2 aromatic rings. The molecule has 2 aromatic carbocycles. The number of hydrogen-bond donors (Lipinski definition) is 1. The summed E-state index contributed by atoms with van der Waals surface area (Å²) in [5.41, 5.74) is 0.314. The molecule has 0 aromatic heterocycles. The Balaban J connectivity index is 1.95. The average molecular weight is 407 g/mol. The number of para-hydroxylation sites is 1. The first-order valence-electron chi connectivity index (χ1n) is 7.34. The second-order valence-electron chi connectivity index (χ2n) is 5.16. The minimum Gasteiger partial charge on any atom is -0.452 e. The Morgan fingerprint density at radius 2 is 1.84 bits per heavy atom. The lowest BCUT2D eigenvalue weighted by Gasteiger charge is -2.15. The van der Waals surface area contributed by atoms with Crippen molar-refractivity contribution in [1.82, 2.24) is 5.32 Å². The number of nitrogens with one attached hydrogen (secondary N) is 1. The zero-order valence-electron chi connectivity index (χ0n) is 13.3. The van der Waals surface area contributed by atoms with Crippen molar-refractivity contribution in [3.8, 4) is 0 Å².